The number of pyridine rings is 1. The quantitative estimate of drug-likeness (QED) is 0.867. The minimum absolute atomic E-state index is 0.112. The van der Waals surface area contributed by atoms with E-state index < -0.39 is 0 Å². The second-order valence-corrected chi connectivity index (χ2v) is 4.39. The minimum Gasteiger partial charge on any atom is -0.495 e. The van der Waals surface area contributed by atoms with E-state index in [1.807, 2.05) is 12.1 Å². The molecule has 1 saturated heterocycles. The summed E-state index contributed by atoms with van der Waals surface area (Å²) in [5.74, 6) is 1.10. The molecule has 4 heteroatoms. The maximum absolute atomic E-state index is 6.32. The van der Waals surface area contributed by atoms with E-state index in [9.17, 15) is 0 Å². The molecule has 17 heavy (non-hydrogen) atoms. The number of methoxy groups -OCH3 is 1. The highest BCUT2D eigenvalue weighted by Gasteiger charge is 2.34. The summed E-state index contributed by atoms with van der Waals surface area (Å²) in [5, 5.41) is 0. The average Bonchev–Trinajstić information content (AvgIpc) is 2.86. The Hall–Kier alpha value is -1.13. The zero-order valence-corrected chi connectivity index (χ0v) is 10.4. The van der Waals surface area contributed by atoms with Crippen LogP contribution in [0.25, 0.3) is 0 Å². The van der Waals surface area contributed by atoms with Crippen LogP contribution in [-0.2, 0) is 4.74 Å². The van der Waals surface area contributed by atoms with Gasteiger partial charge in [-0.15, -0.1) is 0 Å². The molecule has 1 fully saturated rings. The normalized spacial score (nSPS) is 25.8. The van der Waals surface area contributed by atoms with Crippen LogP contribution in [-0.4, -0.2) is 24.8 Å². The van der Waals surface area contributed by atoms with Crippen molar-refractivity contribution >= 4 is 0 Å². The second kappa shape index (κ2) is 5.47. The van der Waals surface area contributed by atoms with E-state index >= 15 is 0 Å². The Kier molecular flexibility index (Phi) is 3.97. The van der Waals surface area contributed by atoms with Crippen LogP contribution >= 0.6 is 0 Å². The molecule has 2 N–H and O–H groups in total. The van der Waals surface area contributed by atoms with Crippen LogP contribution < -0.4 is 10.5 Å². The zero-order chi connectivity index (χ0) is 12.3. The van der Waals surface area contributed by atoms with E-state index in [2.05, 4.69) is 11.9 Å². The van der Waals surface area contributed by atoms with Gasteiger partial charge in [-0.2, -0.15) is 0 Å². The van der Waals surface area contributed by atoms with Crippen molar-refractivity contribution in [2.75, 3.05) is 13.7 Å². The Morgan fingerprint density at radius 2 is 2.47 bits per heavy atom. The van der Waals surface area contributed by atoms with Crippen LogP contribution in [0.4, 0.5) is 0 Å². The van der Waals surface area contributed by atoms with Gasteiger partial charge in [0.05, 0.1) is 24.9 Å². The number of nitrogens with two attached hydrogens (primary N) is 1. The summed E-state index contributed by atoms with van der Waals surface area (Å²) in [6, 6.07) is 3.65. The Bertz CT molecular complexity index is 370. The van der Waals surface area contributed by atoms with Crippen molar-refractivity contribution in [3.05, 3.63) is 24.0 Å². The molecule has 2 heterocycles. The molecule has 0 radical (unpaired) electrons. The third kappa shape index (κ3) is 2.42. The zero-order valence-electron chi connectivity index (χ0n) is 10.4. The molecule has 0 amide bonds. The topological polar surface area (TPSA) is 57.4 Å². The van der Waals surface area contributed by atoms with Gasteiger partial charge in [0.25, 0.3) is 0 Å². The lowest BCUT2D eigenvalue weighted by Crippen LogP contribution is -2.29. The highest BCUT2D eigenvalue weighted by Crippen LogP contribution is 2.35. The molecule has 94 valence electrons. The van der Waals surface area contributed by atoms with Crippen molar-refractivity contribution in [1.29, 1.82) is 0 Å². The summed E-state index contributed by atoms with van der Waals surface area (Å²) in [4.78, 5) is 4.36. The lowest BCUT2D eigenvalue weighted by Gasteiger charge is -2.24. The fourth-order valence-corrected chi connectivity index (χ4v) is 2.52. The van der Waals surface area contributed by atoms with Gasteiger partial charge < -0.3 is 15.2 Å². The second-order valence-electron chi connectivity index (χ2n) is 4.39. The standard InChI is InChI=1S/C13H20N2O2/c1-3-10-9(6-8-17-10)12(14)13-11(16-2)5-4-7-15-13/h4-5,7,9-10,12H,3,6,8,14H2,1-2H3. The van der Waals surface area contributed by atoms with E-state index in [0.29, 0.717) is 5.92 Å². The largest absolute Gasteiger partial charge is 0.495 e. The van der Waals surface area contributed by atoms with Crippen LogP contribution in [0.5, 0.6) is 5.75 Å². The summed E-state index contributed by atoms with van der Waals surface area (Å²) in [6.45, 7) is 2.93. The molecule has 1 aliphatic rings. The summed E-state index contributed by atoms with van der Waals surface area (Å²) < 4.78 is 11.0. The molecule has 2 rings (SSSR count). The first-order chi connectivity index (χ1) is 8.27. The number of rotatable bonds is 4. The molecule has 1 aromatic rings. The molecule has 4 nitrogen and oxygen atoms in total. The first-order valence-electron chi connectivity index (χ1n) is 6.14. The first-order valence-corrected chi connectivity index (χ1v) is 6.14. The van der Waals surface area contributed by atoms with Crippen molar-refractivity contribution in [3.8, 4) is 5.75 Å². The van der Waals surface area contributed by atoms with Gasteiger partial charge in [0.15, 0.2) is 0 Å². The van der Waals surface area contributed by atoms with Gasteiger partial charge in [-0.1, -0.05) is 6.92 Å². The fourth-order valence-electron chi connectivity index (χ4n) is 2.52. The molecule has 0 aromatic carbocycles. The van der Waals surface area contributed by atoms with Crippen molar-refractivity contribution in [3.63, 3.8) is 0 Å². The first kappa shape index (κ1) is 12.3. The van der Waals surface area contributed by atoms with Crippen LogP contribution in [0.15, 0.2) is 18.3 Å². The maximum Gasteiger partial charge on any atom is 0.141 e. The van der Waals surface area contributed by atoms with Crippen LogP contribution in [0.2, 0.25) is 0 Å². The third-order valence-electron chi connectivity index (χ3n) is 3.46. The molecule has 3 unspecified atom stereocenters. The lowest BCUT2D eigenvalue weighted by molar-refractivity contribution is 0.0807. The average molecular weight is 236 g/mol. The van der Waals surface area contributed by atoms with Crippen molar-refractivity contribution in [1.82, 2.24) is 4.98 Å². The van der Waals surface area contributed by atoms with Gasteiger partial charge in [-0.05, 0) is 25.0 Å². The number of aromatic nitrogens is 1. The van der Waals surface area contributed by atoms with Crippen LogP contribution in [0, 0.1) is 5.92 Å². The molecule has 1 aliphatic heterocycles. The van der Waals surface area contributed by atoms with Gasteiger partial charge in [0, 0.05) is 18.7 Å². The van der Waals surface area contributed by atoms with Crippen LogP contribution in [0.3, 0.4) is 0 Å². The van der Waals surface area contributed by atoms with E-state index in [1.165, 1.54) is 0 Å². The maximum atomic E-state index is 6.32. The van der Waals surface area contributed by atoms with Crippen molar-refractivity contribution in [2.24, 2.45) is 11.7 Å². The molecule has 0 bridgehead atoms. The highest BCUT2D eigenvalue weighted by atomic mass is 16.5. The van der Waals surface area contributed by atoms with Gasteiger partial charge >= 0.3 is 0 Å². The Labute approximate surface area is 102 Å². The molecule has 0 saturated carbocycles. The Morgan fingerprint density at radius 1 is 1.65 bits per heavy atom. The van der Waals surface area contributed by atoms with E-state index in [-0.39, 0.29) is 12.1 Å². The molecule has 3 atom stereocenters. The predicted octanol–water partition coefficient (Wildman–Crippen LogP) is 1.91. The molecular weight excluding hydrogens is 216 g/mol. The molecule has 0 aliphatic carbocycles. The minimum atomic E-state index is -0.112. The molecular formula is C13H20N2O2. The monoisotopic (exact) mass is 236 g/mol. The van der Waals surface area contributed by atoms with Gasteiger partial charge in [-0.25, -0.2) is 0 Å². The predicted molar refractivity (Wildman–Crippen MR) is 65.9 cm³/mol. The van der Waals surface area contributed by atoms with Crippen LogP contribution in [0.1, 0.15) is 31.5 Å². The highest BCUT2D eigenvalue weighted by molar-refractivity contribution is 5.30. The lowest BCUT2D eigenvalue weighted by atomic mass is 9.89. The van der Waals surface area contributed by atoms with E-state index in [0.717, 1.165) is 30.9 Å². The third-order valence-corrected chi connectivity index (χ3v) is 3.46. The van der Waals surface area contributed by atoms with E-state index in [1.54, 1.807) is 13.3 Å². The fraction of sp³-hybridized carbons (Fsp3) is 0.615. The van der Waals surface area contributed by atoms with Gasteiger partial charge in [0.1, 0.15) is 5.75 Å². The number of nitrogens with zero attached hydrogens (tertiary/aromatic N) is 1. The van der Waals surface area contributed by atoms with Crippen molar-refractivity contribution < 1.29 is 9.47 Å². The smallest absolute Gasteiger partial charge is 0.141 e. The SMILES string of the molecule is CCC1OCCC1C(N)c1ncccc1OC. The summed E-state index contributed by atoms with van der Waals surface area (Å²) in [6.07, 6.45) is 4.00. The van der Waals surface area contributed by atoms with Gasteiger partial charge in [-0.3, -0.25) is 4.98 Å². The number of hydrogen-bond acceptors (Lipinski definition) is 4. The summed E-state index contributed by atoms with van der Waals surface area (Å²) in [7, 11) is 1.65. The molecule has 1 aromatic heterocycles. The molecule has 0 spiro atoms. The van der Waals surface area contributed by atoms with Crippen molar-refractivity contribution in [2.45, 2.75) is 31.9 Å². The summed E-state index contributed by atoms with van der Waals surface area (Å²) >= 11 is 0. The van der Waals surface area contributed by atoms with E-state index in [4.69, 9.17) is 15.2 Å². The number of ether oxygens (including phenoxy) is 2. The summed E-state index contributed by atoms with van der Waals surface area (Å²) in [5.41, 5.74) is 7.16. The number of hydrogen-bond donors (Lipinski definition) is 1. The Morgan fingerprint density at radius 3 is 3.18 bits per heavy atom. The Balaban J connectivity index is 2.21. The van der Waals surface area contributed by atoms with Gasteiger partial charge in [0.2, 0.25) is 0 Å².